The maximum Gasteiger partial charge on any atom is 0.0647 e. The standard InChI is InChI=1S/C17H25N3/c1-11(2)9-14-7-6-8-15(10-14)17(18)16-12(3)19-20(5)13(16)4/h6-8,10-11,17H,9,18H2,1-5H3. The van der Waals surface area contributed by atoms with Crippen LogP contribution in [0.5, 0.6) is 0 Å². The first-order valence-corrected chi connectivity index (χ1v) is 7.24. The molecule has 1 heterocycles. The zero-order valence-electron chi connectivity index (χ0n) is 13.1. The van der Waals surface area contributed by atoms with Gasteiger partial charge in [0.15, 0.2) is 0 Å². The van der Waals surface area contributed by atoms with Crippen molar-refractivity contribution < 1.29 is 0 Å². The topological polar surface area (TPSA) is 43.8 Å². The minimum Gasteiger partial charge on any atom is -0.320 e. The minimum absolute atomic E-state index is 0.101. The van der Waals surface area contributed by atoms with Crippen LogP contribution in [0.25, 0.3) is 0 Å². The quantitative estimate of drug-likeness (QED) is 0.927. The van der Waals surface area contributed by atoms with Gasteiger partial charge in [0, 0.05) is 18.3 Å². The second kappa shape index (κ2) is 5.80. The first kappa shape index (κ1) is 14.8. The molecule has 1 unspecified atom stereocenters. The lowest BCUT2D eigenvalue weighted by Gasteiger charge is -2.15. The van der Waals surface area contributed by atoms with E-state index in [0.717, 1.165) is 23.4 Å². The molecule has 0 amide bonds. The Morgan fingerprint density at radius 3 is 2.50 bits per heavy atom. The van der Waals surface area contributed by atoms with Crippen LogP contribution in [0, 0.1) is 19.8 Å². The number of aromatic nitrogens is 2. The lowest BCUT2D eigenvalue weighted by Crippen LogP contribution is -2.14. The number of aryl methyl sites for hydroxylation is 2. The minimum atomic E-state index is -0.101. The van der Waals surface area contributed by atoms with Crippen molar-refractivity contribution in [2.75, 3.05) is 0 Å². The molecule has 0 radical (unpaired) electrons. The molecule has 1 atom stereocenters. The van der Waals surface area contributed by atoms with Crippen LogP contribution < -0.4 is 5.73 Å². The van der Waals surface area contributed by atoms with Gasteiger partial charge in [-0.25, -0.2) is 0 Å². The van der Waals surface area contributed by atoms with Crippen LogP contribution in [-0.4, -0.2) is 9.78 Å². The van der Waals surface area contributed by atoms with Crippen molar-refractivity contribution in [2.45, 2.75) is 40.2 Å². The summed E-state index contributed by atoms with van der Waals surface area (Å²) in [5.74, 6) is 0.656. The van der Waals surface area contributed by atoms with Crippen molar-refractivity contribution in [3.8, 4) is 0 Å². The Morgan fingerprint density at radius 1 is 1.25 bits per heavy atom. The van der Waals surface area contributed by atoms with Crippen LogP contribution in [0.15, 0.2) is 24.3 Å². The second-order valence-corrected chi connectivity index (χ2v) is 6.03. The average molecular weight is 271 g/mol. The van der Waals surface area contributed by atoms with E-state index in [9.17, 15) is 0 Å². The fourth-order valence-corrected chi connectivity index (χ4v) is 2.79. The monoisotopic (exact) mass is 271 g/mol. The van der Waals surface area contributed by atoms with Crippen molar-refractivity contribution in [1.29, 1.82) is 0 Å². The van der Waals surface area contributed by atoms with Crippen molar-refractivity contribution in [1.82, 2.24) is 9.78 Å². The van der Waals surface area contributed by atoms with E-state index >= 15 is 0 Å². The maximum absolute atomic E-state index is 6.48. The van der Waals surface area contributed by atoms with E-state index in [0.29, 0.717) is 5.92 Å². The summed E-state index contributed by atoms with van der Waals surface area (Å²) < 4.78 is 1.91. The van der Waals surface area contributed by atoms with E-state index in [1.54, 1.807) is 0 Å². The zero-order chi connectivity index (χ0) is 14.9. The van der Waals surface area contributed by atoms with E-state index in [1.165, 1.54) is 11.1 Å². The van der Waals surface area contributed by atoms with E-state index in [4.69, 9.17) is 5.73 Å². The van der Waals surface area contributed by atoms with E-state index in [-0.39, 0.29) is 6.04 Å². The molecule has 0 spiro atoms. The van der Waals surface area contributed by atoms with Gasteiger partial charge in [0.2, 0.25) is 0 Å². The summed E-state index contributed by atoms with van der Waals surface area (Å²) >= 11 is 0. The molecule has 108 valence electrons. The van der Waals surface area contributed by atoms with Crippen LogP contribution in [0.1, 0.15) is 48.0 Å². The molecular weight excluding hydrogens is 246 g/mol. The molecule has 0 fully saturated rings. The van der Waals surface area contributed by atoms with Crippen molar-refractivity contribution in [2.24, 2.45) is 18.7 Å². The molecule has 2 N–H and O–H groups in total. The van der Waals surface area contributed by atoms with Crippen molar-refractivity contribution in [3.63, 3.8) is 0 Å². The summed E-state index contributed by atoms with van der Waals surface area (Å²) in [6.45, 7) is 8.58. The van der Waals surface area contributed by atoms with Crippen molar-refractivity contribution >= 4 is 0 Å². The second-order valence-electron chi connectivity index (χ2n) is 6.03. The molecule has 0 aliphatic heterocycles. The molecule has 0 aliphatic carbocycles. The third-order valence-corrected chi connectivity index (χ3v) is 3.83. The molecular formula is C17H25N3. The highest BCUT2D eigenvalue weighted by molar-refractivity contribution is 5.38. The Balaban J connectivity index is 2.35. The molecule has 1 aromatic carbocycles. The van der Waals surface area contributed by atoms with Crippen LogP contribution in [0.3, 0.4) is 0 Å². The van der Waals surface area contributed by atoms with E-state index in [1.807, 2.05) is 18.7 Å². The molecule has 2 rings (SSSR count). The molecule has 3 heteroatoms. The van der Waals surface area contributed by atoms with Gasteiger partial charge in [-0.2, -0.15) is 5.10 Å². The van der Waals surface area contributed by atoms with Crippen LogP contribution in [0.4, 0.5) is 0 Å². The Kier molecular flexibility index (Phi) is 4.29. The van der Waals surface area contributed by atoms with Gasteiger partial charge in [0.1, 0.15) is 0 Å². The Hall–Kier alpha value is -1.61. The van der Waals surface area contributed by atoms with Gasteiger partial charge < -0.3 is 5.73 Å². The summed E-state index contributed by atoms with van der Waals surface area (Å²) in [5.41, 5.74) is 12.3. The maximum atomic E-state index is 6.48. The predicted molar refractivity (Wildman–Crippen MR) is 83.7 cm³/mol. The van der Waals surface area contributed by atoms with Crippen LogP contribution in [0.2, 0.25) is 0 Å². The lowest BCUT2D eigenvalue weighted by molar-refractivity contribution is 0.646. The molecule has 2 aromatic rings. The first-order valence-electron chi connectivity index (χ1n) is 7.24. The van der Waals surface area contributed by atoms with Gasteiger partial charge in [-0.3, -0.25) is 4.68 Å². The number of hydrogen-bond acceptors (Lipinski definition) is 2. The summed E-state index contributed by atoms with van der Waals surface area (Å²) in [6, 6.07) is 8.53. The molecule has 3 nitrogen and oxygen atoms in total. The van der Waals surface area contributed by atoms with Gasteiger partial charge in [-0.05, 0) is 37.3 Å². The fourth-order valence-electron chi connectivity index (χ4n) is 2.79. The smallest absolute Gasteiger partial charge is 0.0647 e. The van der Waals surface area contributed by atoms with Gasteiger partial charge >= 0.3 is 0 Å². The first-order chi connectivity index (χ1) is 9.40. The summed E-state index contributed by atoms with van der Waals surface area (Å²) in [6.07, 6.45) is 1.09. The molecule has 0 bridgehead atoms. The number of hydrogen-bond donors (Lipinski definition) is 1. The van der Waals surface area contributed by atoms with Gasteiger partial charge in [-0.15, -0.1) is 0 Å². The third kappa shape index (κ3) is 2.93. The van der Waals surface area contributed by atoms with Gasteiger partial charge in [0.05, 0.1) is 11.7 Å². The summed E-state index contributed by atoms with van der Waals surface area (Å²) in [4.78, 5) is 0. The predicted octanol–water partition coefficient (Wildman–Crippen LogP) is 3.28. The normalized spacial score (nSPS) is 12.9. The average Bonchev–Trinajstić information content (AvgIpc) is 2.62. The third-order valence-electron chi connectivity index (χ3n) is 3.83. The van der Waals surface area contributed by atoms with Gasteiger partial charge in [0.25, 0.3) is 0 Å². The molecule has 20 heavy (non-hydrogen) atoms. The Bertz CT molecular complexity index is 596. The Morgan fingerprint density at radius 2 is 1.95 bits per heavy atom. The molecule has 0 aliphatic rings. The number of rotatable bonds is 4. The number of nitrogens with two attached hydrogens (primary N) is 1. The highest BCUT2D eigenvalue weighted by Crippen LogP contribution is 2.26. The van der Waals surface area contributed by atoms with Crippen LogP contribution in [-0.2, 0) is 13.5 Å². The molecule has 0 saturated heterocycles. The molecule has 1 aromatic heterocycles. The SMILES string of the molecule is Cc1nn(C)c(C)c1C(N)c1cccc(CC(C)C)c1. The summed E-state index contributed by atoms with van der Waals surface area (Å²) in [7, 11) is 1.97. The van der Waals surface area contributed by atoms with E-state index < -0.39 is 0 Å². The molecule has 0 saturated carbocycles. The lowest BCUT2D eigenvalue weighted by atomic mass is 9.94. The van der Waals surface area contributed by atoms with Gasteiger partial charge in [-0.1, -0.05) is 38.1 Å². The Labute approximate surface area is 121 Å². The van der Waals surface area contributed by atoms with E-state index in [2.05, 4.69) is 50.1 Å². The number of nitrogens with zero attached hydrogens (tertiary/aromatic N) is 2. The largest absolute Gasteiger partial charge is 0.320 e. The van der Waals surface area contributed by atoms with Crippen molar-refractivity contribution in [3.05, 3.63) is 52.3 Å². The zero-order valence-corrected chi connectivity index (χ0v) is 13.1. The highest BCUT2D eigenvalue weighted by atomic mass is 15.3. The highest BCUT2D eigenvalue weighted by Gasteiger charge is 2.18. The number of benzene rings is 1. The fraction of sp³-hybridized carbons (Fsp3) is 0.471. The summed E-state index contributed by atoms with van der Waals surface area (Å²) in [5, 5.41) is 4.46. The van der Waals surface area contributed by atoms with Crippen LogP contribution >= 0.6 is 0 Å².